The molecule has 0 aliphatic rings. The first-order valence-electron chi connectivity index (χ1n) is 7.89. The lowest BCUT2D eigenvalue weighted by atomic mass is 10.1. The fourth-order valence-electron chi connectivity index (χ4n) is 2.92. The summed E-state index contributed by atoms with van der Waals surface area (Å²) < 4.78 is 2.88. The van der Waals surface area contributed by atoms with Crippen LogP contribution in [0.3, 0.4) is 0 Å². The van der Waals surface area contributed by atoms with Crippen LogP contribution in [-0.2, 0) is 7.05 Å². The van der Waals surface area contributed by atoms with Gasteiger partial charge in [0.2, 0.25) is 0 Å². The van der Waals surface area contributed by atoms with Crippen LogP contribution in [0, 0.1) is 6.92 Å². The van der Waals surface area contributed by atoms with E-state index in [9.17, 15) is 4.79 Å². The van der Waals surface area contributed by atoms with E-state index in [4.69, 9.17) is 0 Å². The second kappa shape index (κ2) is 5.77. The second-order valence-electron chi connectivity index (χ2n) is 6.01. The van der Waals surface area contributed by atoms with E-state index in [0.29, 0.717) is 0 Å². The zero-order valence-electron chi connectivity index (χ0n) is 13.6. The minimum Gasteiger partial charge on any atom is -0.310 e. The topological polar surface area (TPSA) is 22.0 Å². The van der Waals surface area contributed by atoms with Crippen molar-refractivity contribution in [2.24, 2.45) is 7.05 Å². The lowest BCUT2D eigenvalue weighted by Crippen LogP contribution is -2.15. The Morgan fingerprint density at radius 1 is 0.875 bits per heavy atom. The summed E-state index contributed by atoms with van der Waals surface area (Å²) in [4.78, 5) is 13.6. The number of aryl methyl sites for hydroxylation is 2. The van der Waals surface area contributed by atoms with Crippen molar-refractivity contribution >= 4 is 21.6 Å². The average molecular weight is 331 g/mol. The molecule has 0 bridgehead atoms. The summed E-state index contributed by atoms with van der Waals surface area (Å²) in [6.45, 7) is 2.09. The van der Waals surface area contributed by atoms with Crippen LogP contribution in [0.1, 0.15) is 5.56 Å². The van der Waals surface area contributed by atoms with Crippen molar-refractivity contribution in [2.45, 2.75) is 6.92 Å². The van der Waals surface area contributed by atoms with Crippen LogP contribution in [0.5, 0.6) is 0 Å². The van der Waals surface area contributed by atoms with E-state index in [-0.39, 0.29) is 5.56 Å². The largest absolute Gasteiger partial charge is 0.310 e. The highest BCUT2D eigenvalue weighted by atomic mass is 32.1. The highest BCUT2D eigenvalue weighted by Crippen LogP contribution is 2.38. The monoisotopic (exact) mass is 331 g/mol. The van der Waals surface area contributed by atoms with Gasteiger partial charge in [0.1, 0.15) is 0 Å². The van der Waals surface area contributed by atoms with E-state index in [1.165, 1.54) is 16.0 Å². The Morgan fingerprint density at radius 3 is 2.29 bits per heavy atom. The van der Waals surface area contributed by atoms with E-state index in [0.717, 1.165) is 21.3 Å². The summed E-state index contributed by atoms with van der Waals surface area (Å²) >= 11 is 1.74. The molecule has 0 unspecified atom stereocenters. The normalized spacial score (nSPS) is 11.1. The lowest BCUT2D eigenvalue weighted by molar-refractivity contribution is 0.909. The number of aromatic nitrogens is 1. The molecule has 0 spiro atoms. The molecule has 0 atom stereocenters. The van der Waals surface area contributed by atoms with Crippen molar-refractivity contribution < 1.29 is 0 Å². The van der Waals surface area contributed by atoms with Crippen molar-refractivity contribution in [1.29, 1.82) is 0 Å². The number of hydrogen-bond acceptors (Lipinski definition) is 2. The average Bonchev–Trinajstić information content (AvgIpc) is 3.05. The zero-order valence-corrected chi connectivity index (χ0v) is 14.4. The van der Waals surface area contributed by atoms with Gasteiger partial charge in [0, 0.05) is 23.6 Å². The molecule has 2 aromatic carbocycles. The molecule has 0 saturated heterocycles. The molecule has 2 heterocycles. The smallest absolute Gasteiger partial charge is 0.251 e. The minimum absolute atomic E-state index is 0.0228. The van der Waals surface area contributed by atoms with Gasteiger partial charge in [-0.15, -0.1) is 11.3 Å². The summed E-state index contributed by atoms with van der Waals surface area (Å²) in [7, 11) is 1.84. The Hall–Kier alpha value is -2.65. The third-order valence-electron chi connectivity index (χ3n) is 4.34. The summed E-state index contributed by atoms with van der Waals surface area (Å²) in [6, 6.07) is 22.5. The molecule has 0 fully saturated rings. The summed E-state index contributed by atoms with van der Waals surface area (Å²) in [5, 5.41) is 0. The maximum absolute atomic E-state index is 12.4. The second-order valence-corrected chi connectivity index (χ2v) is 7.06. The van der Waals surface area contributed by atoms with E-state index in [1.807, 2.05) is 25.2 Å². The van der Waals surface area contributed by atoms with Gasteiger partial charge in [-0.2, -0.15) is 0 Å². The van der Waals surface area contributed by atoms with Crippen LogP contribution in [0.25, 0.3) is 31.8 Å². The number of hydrogen-bond donors (Lipinski definition) is 0. The first kappa shape index (κ1) is 14.9. The van der Waals surface area contributed by atoms with Crippen molar-refractivity contribution in [1.82, 2.24) is 4.57 Å². The molecular formula is C21H17NOS. The van der Waals surface area contributed by atoms with Crippen molar-refractivity contribution in [3.05, 3.63) is 82.6 Å². The quantitative estimate of drug-likeness (QED) is 0.492. The summed E-state index contributed by atoms with van der Waals surface area (Å²) in [5.74, 6) is 0. The summed E-state index contributed by atoms with van der Waals surface area (Å²) in [5.41, 5.74) is 5.54. The lowest BCUT2D eigenvalue weighted by Gasteiger charge is -2.06. The molecule has 24 heavy (non-hydrogen) atoms. The van der Waals surface area contributed by atoms with Gasteiger partial charge in [-0.25, -0.2) is 0 Å². The van der Waals surface area contributed by atoms with Crippen LogP contribution in [0.2, 0.25) is 0 Å². The molecule has 0 radical (unpaired) electrons. The first-order valence-corrected chi connectivity index (χ1v) is 8.71. The number of pyridine rings is 1. The van der Waals surface area contributed by atoms with Crippen LogP contribution < -0.4 is 5.56 Å². The fraction of sp³-hybridized carbons (Fsp3) is 0.0952. The van der Waals surface area contributed by atoms with Gasteiger partial charge in [-0.05, 0) is 24.1 Å². The van der Waals surface area contributed by atoms with Gasteiger partial charge in [-0.3, -0.25) is 4.79 Å². The number of benzene rings is 2. The van der Waals surface area contributed by atoms with Gasteiger partial charge in [0.15, 0.2) is 0 Å². The van der Waals surface area contributed by atoms with Crippen LogP contribution in [0.4, 0.5) is 0 Å². The number of rotatable bonds is 2. The van der Waals surface area contributed by atoms with E-state index >= 15 is 0 Å². The minimum atomic E-state index is 0.0228. The highest BCUT2D eigenvalue weighted by Gasteiger charge is 2.13. The third kappa shape index (κ3) is 2.47. The molecule has 118 valence electrons. The molecule has 2 aromatic heterocycles. The molecule has 0 N–H and O–H groups in total. The van der Waals surface area contributed by atoms with Crippen molar-refractivity contribution in [3.8, 4) is 21.6 Å². The first-order chi connectivity index (χ1) is 11.6. The SMILES string of the molecule is Cc1ccc(-c2cc3c(s2)c(-c2ccccc2)cc(=O)n3C)cc1. The Morgan fingerprint density at radius 2 is 1.58 bits per heavy atom. The fourth-order valence-corrected chi connectivity index (χ4v) is 4.15. The Labute approximate surface area is 144 Å². The molecule has 0 amide bonds. The predicted molar refractivity (Wildman–Crippen MR) is 103 cm³/mol. The Kier molecular flexibility index (Phi) is 3.58. The number of nitrogens with zero attached hydrogens (tertiary/aromatic N) is 1. The van der Waals surface area contributed by atoms with Gasteiger partial charge in [-0.1, -0.05) is 60.2 Å². The standard InChI is InChI=1S/C21H17NOS/c1-14-8-10-16(11-9-14)19-13-18-21(24-19)17(12-20(23)22(18)2)15-6-4-3-5-7-15/h3-13H,1-2H3. The third-order valence-corrected chi connectivity index (χ3v) is 5.54. The molecule has 0 saturated carbocycles. The number of fused-ring (bicyclic) bond motifs is 1. The maximum atomic E-state index is 12.4. The van der Waals surface area contributed by atoms with E-state index < -0.39 is 0 Å². The van der Waals surface area contributed by atoms with Gasteiger partial charge >= 0.3 is 0 Å². The van der Waals surface area contributed by atoms with Gasteiger partial charge < -0.3 is 4.57 Å². The molecular weight excluding hydrogens is 314 g/mol. The summed E-state index contributed by atoms with van der Waals surface area (Å²) in [6.07, 6.45) is 0. The van der Waals surface area contributed by atoms with E-state index in [1.54, 1.807) is 22.0 Å². The number of thiophene rings is 1. The molecule has 4 aromatic rings. The molecule has 3 heteroatoms. The Balaban J connectivity index is 2.00. The van der Waals surface area contributed by atoms with E-state index in [2.05, 4.69) is 49.4 Å². The maximum Gasteiger partial charge on any atom is 0.251 e. The van der Waals surface area contributed by atoms with Crippen molar-refractivity contribution in [2.75, 3.05) is 0 Å². The Bertz CT molecular complexity index is 1070. The van der Waals surface area contributed by atoms with Crippen LogP contribution >= 0.6 is 11.3 Å². The molecule has 4 rings (SSSR count). The van der Waals surface area contributed by atoms with Gasteiger partial charge in [0.05, 0.1) is 10.2 Å². The van der Waals surface area contributed by atoms with Crippen LogP contribution in [0.15, 0.2) is 71.5 Å². The molecule has 0 aliphatic heterocycles. The van der Waals surface area contributed by atoms with Crippen molar-refractivity contribution in [3.63, 3.8) is 0 Å². The zero-order chi connectivity index (χ0) is 16.7. The molecule has 0 aliphatic carbocycles. The van der Waals surface area contributed by atoms with Crippen LogP contribution in [-0.4, -0.2) is 4.57 Å². The predicted octanol–water partition coefficient (Wildman–Crippen LogP) is 5.24. The highest BCUT2D eigenvalue weighted by molar-refractivity contribution is 7.22. The molecule has 2 nitrogen and oxygen atoms in total. The van der Waals surface area contributed by atoms with Gasteiger partial charge in [0.25, 0.3) is 5.56 Å².